The molecular weight excluding hydrogens is 1880 g/mol. The molecular formula is C109H83F8N23O6. The number of fused-ring (bicyclic) bond motifs is 5. The number of para-hydroxylation sites is 1. The van der Waals surface area contributed by atoms with Crippen molar-refractivity contribution < 1.29 is 63.9 Å². The Kier molecular flexibility index (Phi) is 29.5. The predicted octanol–water partition coefficient (Wildman–Crippen LogP) is 23.5. The Labute approximate surface area is 825 Å². The lowest BCUT2D eigenvalue weighted by Gasteiger charge is -2.12. The van der Waals surface area contributed by atoms with Crippen LogP contribution < -0.4 is 31.9 Å². The lowest BCUT2D eigenvalue weighted by Crippen LogP contribution is -2.27. The third kappa shape index (κ3) is 24.2. The molecule has 0 saturated carbocycles. The molecule has 0 fully saturated rings. The van der Waals surface area contributed by atoms with Gasteiger partial charge < -0.3 is 41.7 Å². The summed E-state index contributed by atoms with van der Waals surface area (Å²) < 4.78 is 103. The number of amides is 7. The fourth-order valence-electron chi connectivity index (χ4n) is 15.4. The molecule has 0 saturated heterocycles. The fraction of sp³-hybridized carbons (Fsp3) is 0.0642. The molecule has 11 N–H and O–H groups in total. The normalized spacial score (nSPS) is 11.1. The summed E-state index contributed by atoms with van der Waals surface area (Å²) in [6, 6.07) is 81.3. The first-order valence-electron chi connectivity index (χ1n) is 44.7. The van der Waals surface area contributed by atoms with E-state index < -0.39 is 41.1 Å². The fourth-order valence-corrected chi connectivity index (χ4v) is 15.4. The van der Waals surface area contributed by atoms with Gasteiger partial charge in [-0.3, -0.25) is 74.4 Å². The van der Waals surface area contributed by atoms with Crippen LogP contribution in [0.2, 0.25) is 0 Å². The van der Waals surface area contributed by atoms with E-state index in [-0.39, 0.29) is 52.3 Å². The third-order valence-corrected chi connectivity index (χ3v) is 22.6. The number of alkyl halides is 6. The highest BCUT2D eigenvalue weighted by molar-refractivity contribution is 6.16. The van der Waals surface area contributed by atoms with Gasteiger partial charge in [0.25, 0.3) is 29.5 Å². The maximum Gasteiger partial charge on any atom is 0.416 e. The van der Waals surface area contributed by atoms with Gasteiger partial charge in [0.1, 0.15) is 11.6 Å². The van der Waals surface area contributed by atoms with Crippen molar-refractivity contribution in [1.29, 1.82) is 0 Å². The number of pyridine rings is 5. The van der Waals surface area contributed by atoms with Crippen LogP contribution in [0.1, 0.15) is 69.1 Å². The monoisotopic (exact) mass is 1960 g/mol. The molecule has 0 bridgehead atoms. The molecule has 146 heavy (non-hydrogen) atoms. The van der Waals surface area contributed by atoms with Crippen molar-refractivity contribution in [3.05, 3.63) is 410 Å². The molecule has 0 aliphatic rings. The van der Waals surface area contributed by atoms with Gasteiger partial charge >= 0.3 is 18.4 Å². The number of anilines is 6. The Morgan fingerprint density at radius 2 is 0.575 bits per heavy atom. The molecule has 0 spiro atoms. The zero-order valence-corrected chi connectivity index (χ0v) is 77.5. The number of aromatic amines is 5. The Hall–Kier alpha value is -19.5. The quantitative estimate of drug-likeness (QED) is 0.0335. The number of rotatable bonds is 19. The number of hydrogen-bond acceptors (Lipinski definition) is 17. The van der Waals surface area contributed by atoms with Crippen LogP contribution in [0.15, 0.2) is 353 Å². The zero-order valence-electron chi connectivity index (χ0n) is 77.5. The van der Waals surface area contributed by atoms with Gasteiger partial charge in [-0.1, -0.05) is 103 Å². The van der Waals surface area contributed by atoms with E-state index in [4.69, 9.17) is 0 Å². The van der Waals surface area contributed by atoms with E-state index in [0.717, 1.165) is 131 Å². The molecule has 37 heteroatoms. The van der Waals surface area contributed by atoms with E-state index in [1.54, 1.807) is 100 Å². The number of carbonyl (C=O) groups is 6. The molecule has 21 rings (SSSR count). The molecule has 10 aromatic heterocycles. The molecule has 0 aliphatic carbocycles. The van der Waals surface area contributed by atoms with Gasteiger partial charge in [-0.25, -0.2) is 13.6 Å². The lowest BCUT2D eigenvalue weighted by atomic mass is 10.0. The summed E-state index contributed by atoms with van der Waals surface area (Å²) in [4.78, 5) is 99.6. The summed E-state index contributed by atoms with van der Waals surface area (Å²) in [5.41, 5.74) is 17.4. The number of halogens is 8. The van der Waals surface area contributed by atoms with Crippen LogP contribution in [0.5, 0.6) is 0 Å². The number of aromatic nitrogens is 15. The molecule has 726 valence electrons. The van der Waals surface area contributed by atoms with Crippen molar-refractivity contribution in [2.24, 2.45) is 0 Å². The molecule has 10 heterocycles. The average molecular weight is 1960 g/mol. The molecule has 0 unspecified atom stereocenters. The van der Waals surface area contributed by atoms with Crippen LogP contribution in [0.25, 0.3) is 121 Å². The van der Waals surface area contributed by atoms with Gasteiger partial charge in [0, 0.05) is 153 Å². The van der Waals surface area contributed by atoms with E-state index in [1.807, 2.05) is 202 Å². The maximum absolute atomic E-state index is 13.6. The first-order chi connectivity index (χ1) is 70.5. The molecule has 0 aliphatic heterocycles. The summed E-state index contributed by atoms with van der Waals surface area (Å²) in [6.07, 6.45) is 7.40. The first kappa shape index (κ1) is 98.2. The highest BCUT2D eigenvalue weighted by Crippen LogP contribution is 2.37. The second-order valence-electron chi connectivity index (χ2n) is 33.4. The number of urea groups is 1. The standard InChI is InChI=1S/C25H17FN4O.C22H20N6O2.C22H21N5O.C20H12F4N4O.C20H13F3N4O/c26-20-7-1-4-16(12-20)17-5-2-8-21(13-17)28-25(31)24-22-14-18(9-10-23(22)29-30-24)19-6-3-11-27-15-19;1-28(2)22(30)25-17-10-15(12-23-13-17)14-8-9-19-18(11-14)20(27-26-19)21(29)24-16-6-4-3-5-7-16;1-27(2)14-15-5-3-7-18(11-15)24-22(28)21-19-12-16(8-9-20(19)25-26-21)17-6-4-10-23-13-17;21-14-7-12(9-25-10-14)11-1-6-17-16(8-11)18(28-27-17)19(29)26-15-4-2-13(3-5-15)20(22,23)24;21-20(22,23)14-4-6-15(7-5-14)25-19(28)18-16-10-12(3-8-17(16)26-27-18)13-2-1-9-24-11-13/h1-15H,(H,28,31)(H,29,30);3-13H,1-2H3,(H,24,29)(H,25,30)(H,26,27);3-13H,14H2,1-2H3,(H,24,28)(H,25,26);1-10H,(H,26,29)(H,27,28);1-11H,(H,25,28)(H,26,27). The Balaban J connectivity index is 0.000000125. The van der Waals surface area contributed by atoms with Crippen molar-refractivity contribution in [1.82, 2.24) is 85.7 Å². The number of nitrogens with zero attached hydrogens (tertiary/aromatic N) is 12. The highest BCUT2D eigenvalue weighted by Gasteiger charge is 2.32. The van der Waals surface area contributed by atoms with Crippen molar-refractivity contribution in [3.63, 3.8) is 0 Å². The van der Waals surface area contributed by atoms with Crippen molar-refractivity contribution in [2.75, 3.05) is 60.1 Å². The van der Waals surface area contributed by atoms with Gasteiger partial charge in [-0.05, 0) is 247 Å². The average Bonchev–Trinajstić information content (AvgIpc) is 1.59. The topological polar surface area (TPSA) is 389 Å². The van der Waals surface area contributed by atoms with Crippen LogP contribution in [0, 0.1) is 11.6 Å². The number of H-pyrrole nitrogens is 5. The number of carbonyl (C=O) groups excluding carboxylic acids is 6. The van der Waals surface area contributed by atoms with Gasteiger partial charge in [-0.15, -0.1) is 0 Å². The molecule has 11 aromatic carbocycles. The van der Waals surface area contributed by atoms with E-state index in [1.165, 1.54) is 53.6 Å². The van der Waals surface area contributed by atoms with Crippen LogP contribution in [0.3, 0.4) is 0 Å². The molecule has 0 atom stereocenters. The Bertz CT molecular complexity index is 8320. The van der Waals surface area contributed by atoms with E-state index in [0.29, 0.717) is 72.5 Å². The van der Waals surface area contributed by atoms with Crippen LogP contribution in [-0.4, -0.2) is 149 Å². The van der Waals surface area contributed by atoms with Gasteiger partial charge in [0.15, 0.2) is 28.5 Å². The minimum absolute atomic E-state index is 0.0612. The molecule has 29 nitrogen and oxygen atoms in total. The van der Waals surface area contributed by atoms with Crippen molar-refractivity contribution in [2.45, 2.75) is 18.9 Å². The predicted molar refractivity (Wildman–Crippen MR) is 544 cm³/mol. The first-order valence-corrected chi connectivity index (χ1v) is 44.7. The zero-order chi connectivity index (χ0) is 102. The second-order valence-corrected chi connectivity index (χ2v) is 33.4. The second kappa shape index (κ2) is 43.9. The summed E-state index contributed by atoms with van der Waals surface area (Å²) >= 11 is 0. The van der Waals surface area contributed by atoms with Crippen molar-refractivity contribution in [3.8, 4) is 66.8 Å². The minimum Gasteiger partial charge on any atom is -0.331 e. The maximum atomic E-state index is 13.6. The molecule has 21 aromatic rings. The van der Waals surface area contributed by atoms with E-state index in [9.17, 15) is 63.9 Å². The highest BCUT2D eigenvalue weighted by atomic mass is 19.4. The number of nitrogens with one attached hydrogen (secondary N) is 11. The van der Waals surface area contributed by atoms with Gasteiger partial charge in [-0.2, -0.15) is 51.8 Å². The Morgan fingerprint density at radius 1 is 0.267 bits per heavy atom. The summed E-state index contributed by atoms with van der Waals surface area (Å²) in [5.74, 6) is -2.77. The molecule has 0 radical (unpaired) electrons. The number of hydrogen-bond donors (Lipinski definition) is 11. The summed E-state index contributed by atoms with van der Waals surface area (Å²) in [7, 11) is 7.37. The van der Waals surface area contributed by atoms with Crippen LogP contribution >= 0.6 is 0 Å². The van der Waals surface area contributed by atoms with E-state index >= 15 is 0 Å². The Morgan fingerprint density at radius 3 is 0.938 bits per heavy atom. The largest absolute Gasteiger partial charge is 0.416 e. The summed E-state index contributed by atoms with van der Waals surface area (Å²) in [5, 5.41) is 54.8. The van der Waals surface area contributed by atoms with Gasteiger partial charge in [0.2, 0.25) is 0 Å². The smallest absolute Gasteiger partial charge is 0.331 e. The minimum atomic E-state index is -4.46. The van der Waals surface area contributed by atoms with E-state index in [2.05, 4.69) is 113 Å². The molecule has 7 amide bonds. The lowest BCUT2D eigenvalue weighted by molar-refractivity contribution is -0.138. The summed E-state index contributed by atoms with van der Waals surface area (Å²) in [6.45, 7) is 0.809. The third-order valence-electron chi connectivity index (χ3n) is 22.6. The SMILES string of the molecule is CN(C)C(=O)Nc1cncc(-c2ccc3[nH]nc(C(=O)Nc4ccccc4)c3c2)c1.CN(C)Cc1cccc(NC(=O)c2n[nH]c3ccc(-c4cccnc4)cc23)c1.O=C(Nc1ccc(C(F)(F)F)cc1)c1n[nH]c2ccc(-c3cccnc3)cc12.O=C(Nc1ccc(C(F)(F)F)cc1)c1n[nH]c2ccc(-c3cncc(F)c3)cc12.O=C(Nc1cccc(-c2cccc(F)c2)c1)c1n[nH]c2ccc(-c3cccnc3)cc12. The van der Waals surface area contributed by atoms with Crippen molar-refractivity contribution >= 4 is 124 Å². The van der Waals surface area contributed by atoms with Gasteiger partial charge in [0.05, 0.1) is 56.8 Å². The van der Waals surface area contributed by atoms with Crippen LogP contribution in [-0.2, 0) is 18.9 Å². The number of benzene rings is 11. The van der Waals surface area contributed by atoms with Crippen LogP contribution in [0.4, 0.5) is 74.0 Å².